The third-order valence-corrected chi connectivity index (χ3v) is 1.97. The maximum Gasteiger partial charge on any atom is 0.242 e. The van der Waals surface area contributed by atoms with Gasteiger partial charge in [-0.05, 0) is 34.1 Å². The highest BCUT2D eigenvalue weighted by atomic mass is 17.2. The van der Waals surface area contributed by atoms with Crippen LogP contribution >= 0.6 is 0 Å². The Kier molecular flexibility index (Phi) is 6.67. The predicted octanol–water partition coefficient (Wildman–Crippen LogP) is 1.41. The molecule has 1 atom stereocenters. The molecule has 0 aliphatic rings. The molecule has 17 heavy (non-hydrogen) atoms. The molecule has 0 aromatic carbocycles. The number of ether oxygens (including phenoxy) is 1. The topological polar surface area (TPSA) is 67.8 Å². The number of carbonyl (C=O) groups is 1. The summed E-state index contributed by atoms with van der Waals surface area (Å²) >= 11 is 0. The van der Waals surface area contributed by atoms with Gasteiger partial charge in [0.1, 0.15) is 5.97 Å². The van der Waals surface area contributed by atoms with Crippen LogP contribution in [-0.2, 0) is 19.3 Å². The van der Waals surface area contributed by atoms with Gasteiger partial charge in [-0.15, -0.1) is 0 Å². The zero-order chi connectivity index (χ0) is 13.5. The number of rotatable bonds is 8. The highest BCUT2D eigenvalue weighted by molar-refractivity contribution is 5.73. The van der Waals surface area contributed by atoms with E-state index < -0.39 is 17.4 Å². The molecule has 0 aliphatic carbocycles. The van der Waals surface area contributed by atoms with Crippen LogP contribution in [0.2, 0.25) is 0 Å². The number of carboxylic acid groups (broad SMARTS) is 1. The lowest BCUT2D eigenvalue weighted by atomic mass is 10.1. The number of unbranched alkanes of at least 4 members (excludes halogenated alkanes) is 1. The van der Waals surface area contributed by atoms with Gasteiger partial charge in [-0.25, -0.2) is 4.89 Å². The minimum Gasteiger partial charge on any atom is -0.544 e. The van der Waals surface area contributed by atoms with Crippen LogP contribution < -0.4 is 5.11 Å². The van der Waals surface area contributed by atoms with Gasteiger partial charge in [0.15, 0.2) is 0 Å². The molecule has 0 aromatic heterocycles. The lowest BCUT2D eigenvalue weighted by molar-refractivity contribution is -0.469. The van der Waals surface area contributed by atoms with Crippen LogP contribution in [-0.4, -0.2) is 24.0 Å². The Bertz CT molecular complexity index is 234. The fourth-order valence-corrected chi connectivity index (χ4v) is 1.17. The van der Waals surface area contributed by atoms with Crippen molar-refractivity contribution < 1.29 is 24.4 Å². The Morgan fingerprint density at radius 2 is 1.76 bits per heavy atom. The molecule has 0 fully saturated rings. The second-order valence-electron chi connectivity index (χ2n) is 4.86. The van der Waals surface area contributed by atoms with Crippen LogP contribution in [0.25, 0.3) is 0 Å². The molecule has 0 amide bonds. The molecular formula is C12H23O5-. The first-order chi connectivity index (χ1) is 7.77. The van der Waals surface area contributed by atoms with Crippen molar-refractivity contribution in [2.45, 2.75) is 65.3 Å². The molecule has 0 bridgehead atoms. The first kappa shape index (κ1) is 16.4. The fraction of sp³-hybridized carbons (Fsp3) is 0.917. The molecule has 0 aliphatic heterocycles. The third-order valence-electron chi connectivity index (χ3n) is 1.97. The first-order valence-corrected chi connectivity index (χ1v) is 5.99. The number of carbonyl (C=O) groups excluding carboxylic acids is 1. The lowest BCUT2D eigenvalue weighted by Crippen LogP contribution is -2.53. The van der Waals surface area contributed by atoms with E-state index in [2.05, 4.69) is 0 Å². The Morgan fingerprint density at radius 1 is 1.18 bits per heavy atom. The summed E-state index contributed by atoms with van der Waals surface area (Å²) in [7, 11) is 0. The maximum absolute atomic E-state index is 11.2. The van der Waals surface area contributed by atoms with Crippen molar-refractivity contribution in [3.8, 4) is 0 Å². The Labute approximate surface area is 103 Å². The van der Waals surface area contributed by atoms with Crippen LogP contribution in [0.5, 0.6) is 0 Å². The Hall–Kier alpha value is -0.650. The molecular weight excluding hydrogens is 224 g/mol. The van der Waals surface area contributed by atoms with E-state index in [1.165, 1.54) is 0 Å². The van der Waals surface area contributed by atoms with Gasteiger partial charge in [-0.2, -0.15) is 4.89 Å². The molecule has 0 saturated heterocycles. The van der Waals surface area contributed by atoms with E-state index in [0.29, 0.717) is 6.42 Å². The fourth-order valence-electron chi connectivity index (χ4n) is 1.17. The molecule has 0 heterocycles. The van der Waals surface area contributed by atoms with Crippen LogP contribution in [0.4, 0.5) is 0 Å². The van der Waals surface area contributed by atoms with Gasteiger partial charge in [0.05, 0.1) is 5.60 Å². The van der Waals surface area contributed by atoms with E-state index >= 15 is 0 Å². The summed E-state index contributed by atoms with van der Waals surface area (Å²) in [6.07, 6.45) is 1.69. The van der Waals surface area contributed by atoms with Gasteiger partial charge in [-0.1, -0.05) is 13.3 Å². The van der Waals surface area contributed by atoms with E-state index in [1.54, 1.807) is 27.7 Å². The van der Waals surface area contributed by atoms with E-state index in [0.717, 1.165) is 6.42 Å². The van der Waals surface area contributed by atoms with Crippen molar-refractivity contribution in [3.05, 3.63) is 0 Å². The van der Waals surface area contributed by atoms with E-state index in [9.17, 15) is 9.90 Å². The first-order valence-electron chi connectivity index (χ1n) is 5.99. The van der Waals surface area contributed by atoms with Crippen LogP contribution in [0.15, 0.2) is 0 Å². The van der Waals surface area contributed by atoms with Crippen LogP contribution in [0, 0.1) is 0 Å². The van der Waals surface area contributed by atoms with Crippen LogP contribution in [0.1, 0.15) is 53.9 Å². The molecule has 5 nitrogen and oxygen atoms in total. The number of carboxylic acids is 1. The minimum atomic E-state index is -1.81. The van der Waals surface area contributed by atoms with E-state index in [-0.39, 0.29) is 13.0 Å². The standard InChI is InChI=1S/C12H24O5/c1-6-8-9-12(10(13)14,15-7-2)17-16-11(3,4)5/h6-9H2,1-5H3,(H,13,14)/p-1. The Balaban J connectivity index is 4.71. The van der Waals surface area contributed by atoms with Gasteiger partial charge in [0.2, 0.25) is 5.79 Å². The minimum absolute atomic E-state index is 0.204. The summed E-state index contributed by atoms with van der Waals surface area (Å²) in [4.78, 5) is 21.3. The molecule has 0 aromatic rings. The van der Waals surface area contributed by atoms with Crippen molar-refractivity contribution in [2.24, 2.45) is 0 Å². The molecule has 0 spiro atoms. The zero-order valence-corrected chi connectivity index (χ0v) is 11.4. The Morgan fingerprint density at radius 3 is 2.12 bits per heavy atom. The number of hydrogen-bond donors (Lipinski definition) is 0. The predicted molar refractivity (Wildman–Crippen MR) is 60.8 cm³/mol. The molecule has 0 rings (SSSR count). The van der Waals surface area contributed by atoms with Gasteiger partial charge in [-0.3, -0.25) is 0 Å². The second kappa shape index (κ2) is 6.93. The van der Waals surface area contributed by atoms with E-state index in [4.69, 9.17) is 14.5 Å². The highest BCUT2D eigenvalue weighted by Gasteiger charge is 2.36. The van der Waals surface area contributed by atoms with Gasteiger partial charge in [0, 0.05) is 13.0 Å². The lowest BCUT2D eigenvalue weighted by Gasteiger charge is -2.35. The molecule has 0 N–H and O–H groups in total. The molecule has 0 radical (unpaired) electrons. The van der Waals surface area contributed by atoms with Crippen molar-refractivity contribution in [1.82, 2.24) is 0 Å². The van der Waals surface area contributed by atoms with Gasteiger partial charge < -0.3 is 14.6 Å². The summed E-state index contributed by atoms with van der Waals surface area (Å²) in [5.41, 5.74) is -0.607. The summed E-state index contributed by atoms with van der Waals surface area (Å²) in [6.45, 7) is 9.16. The normalized spacial score (nSPS) is 15.6. The van der Waals surface area contributed by atoms with Gasteiger partial charge in [0.25, 0.3) is 0 Å². The largest absolute Gasteiger partial charge is 0.544 e. The monoisotopic (exact) mass is 247 g/mol. The summed E-state index contributed by atoms with van der Waals surface area (Å²) in [6, 6.07) is 0. The highest BCUT2D eigenvalue weighted by Crippen LogP contribution is 2.24. The number of aliphatic carboxylic acids is 1. The smallest absolute Gasteiger partial charge is 0.242 e. The maximum atomic E-state index is 11.2. The molecule has 5 heteroatoms. The van der Waals surface area contributed by atoms with Crippen LogP contribution in [0.3, 0.4) is 0 Å². The summed E-state index contributed by atoms with van der Waals surface area (Å²) < 4.78 is 5.18. The van der Waals surface area contributed by atoms with Crippen molar-refractivity contribution in [2.75, 3.05) is 6.61 Å². The summed E-state index contributed by atoms with van der Waals surface area (Å²) in [5.74, 6) is -3.21. The molecule has 0 saturated carbocycles. The molecule has 1 unspecified atom stereocenters. The van der Waals surface area contributed by atoms with E-state index in [1.807, 2.05) is 6.92 Å². The average molecular weight is 247 g/mol. The zero-order valence-electron chi connectivity index (χ0n) is 11.4. The quantitative estimate of drug-likeness (QED) is 0.368. The van der Waals surface area contributed by atoms with Gasteiger partial charge >= 0.3 is 0 Å². The number of hydrogen-bond acceptors (Lipinski definition) is 5. The van der Waals surface area contributed by atoms with Crippen molar-refractivity contribution in [1.29, 1.82) is 0 Å². The SMILES string of the molecule is CCCCC(OCC)(OOC(C)(C)C)C(=O)[O-]. The molecule has 102 valence electrons. The van der Waals surface area contributed by atoms with Crippen molar-refractivity contribution >= 4 is 5.97 Å². The second-order valence-corrected chi connectivity index (χ2v) is 4.86. The summed E-state index contributed by atoms with van der Waals surface area (Å²) in [5, 5.41) is 11.2. The van der Waals surface area contributed by atoms with Crippen molar-refractivity contribution in [3.63, 3.8) is 0 Å². The average Bonchev–Trinajstić information content (AvgIpc) is 2.21. The third kappa shape index (κ3) is 6.00.